The second-order valence-corrected chi connectivity index (χ2v) is 4.14. The molecule has 1 aromatic heterocycles. The highest BCUT2D eigenvalue weighted by Gasteiger charge is 2.31. The number of fused-ring (bicyclic) bond motifs is 2. The minimum atomic E-state index is -1.30. The third-order valence-corrected chi connectivity index (χ3v) is 3.21. The van der Waals surface area contributed by atoms with Gasteiger partial charge in [-0.15, -0.1) is 0 Å². The van der Waals surface area contributed by atoms with Crippen LogP contribution in [0.4, 0.5) is 0 Å². The smallest absolute Gasteiger partial charge is 0.340 e. The maximum absolute atomic E-state index is 12.0. The zero-order valence-electron chi connectivity index (χ0n) is 8.60. The molecule has 5 nitrogen and oxygen atoms in total. The summed E-state index contributed by atoms with van der Waals surface area (Å²) in [6, 6.07) is 1.76. The molecule has 2 aliphatic heterocycles. The van der Waals surface area contributed by atoms with Gasteiger partial charge in [0.1, 0.15) is 6.61 Å². The molecule has 0 aromatic carbocycles. The SMILES string of the molecule is O=C1OCc2c(cc3n(c2=O)CCC3)C1O. The summed E-state index contributed by atoms with van der Waals surface area (Å²) in [7, 11) is 0. The Morgan fingerprint density at radius 3 is 3.06 bits per heavy atom. The first kappa shape index (κ1) is 9.59. The number of aliphatic hydroxyl groups excluding tert-OH is 1. The summed E-state index contributed by atoms with van der Waals surface area (Å²) >= 11 is 0. The quantitative estimate of drug-likeness (QED) is 0.620. The summed E-state index contributed by atoms with van der Waals surface area (Å²) < 4.78 is 6.45. The highest BCUT2D eigenvalue weighted by Crippen LogP contribution is 2.26. The van der Waals surface area contributed by atoms with Crippen LogP contribution in [0.3, 0.4) is 0 Å². The Morgan fingerprint density at radius 2 is 2.25 bits per heavy atom. The third kappa shape index (κ3) is 1.15. The molecule has 0 saturated heterocycles. The van der Waals surface area contributed by atoms with E-state index in [9.17, 15) is 14.7 Å². The Labute approximate surface area is 91.3 Å². The van der Waals surface area contributed by atoms with Crippen LogP contribution in [0.15, 0.2) is 10.9 Å². The summed E-state index contributed by atoms with van der Waals surface area (Å²) in [5, 5.41) is 9.66. The minimum absolute atomic E-state index is 0.0235. The lowest BCUT2D eigenvalue weighted by Gasteiger charge is -2.21. The van der Waals surface area contributed by atoms with Crippen LogP contribution in [-0.2, 0) is 29.1 Å². The highest BCUT2D eigenvalue weighted by molar-refractivity contribution is 5.78. The molecule has 2 aliphatic rings. The van der Waals surface area contributed by atoms with Crippen molar-refractivity contribution in [3.05, 3.63) is 33.2 Å². The molecule has 1 N–H and O–H groups in total. The van der Waals surface area contributed by atoms with Gasteiger partial charge in [-0.25, -0.2) is 4.79 Å². The van der Waals surface area contributed by atoms with Crippen molar-refractivity contribution < 1.29 is 14.6 Å². The maximum atomic E-state index is 12.0. The first-order valence-corrected chi connectivity index (χ1v) is 5.28. The number of hydrogen-bond acceptors (Lipinski definition) is 4. The topological polar surface area (TPSA) is 68.5 Å². The highest BCUT2D eigenvalue weighted by atomic mass is 16.5. The molecular formula is C11H11NO4. The van der Waals surface area contributed by atoms with Gasteiger partial charge in [0.05, 0.1) is 5.56 Å². The van der Waals surface area contributed by atoms with E-state index in [-0.39, 0.29) is 12.2 Å². The summed E-state index contributed by atoms with van der Waals surface area (Å²) in [5.74, 6) is -0.671. The van der Waals surface area contributed by atoms with Crippen LogP contribution in [0.2, 0.25) is 0 Å². The number of cyclic esters (lactones) is 1. The van der Waals surface area contributed by atoms with E-state index >= 15 is 0 Å². The van der Waals surface area contributed by atoms with Crippen LogP contribution in [0.25, 0.3) is 0 Å². The number of carbonyl (C=O) groups is 1. The van der Waals surface area contributed by atoms with Crippen LogP contribution in [0, 0.1) is 0 Å². The molecule has 0 spiro atoms. The van der Waals surface area contributed by atoms with Gasteiger partial charge in [-0.05, 0) is 18.9 Å². The Morgan fingerprint density at radius 1 is 1.44 bits per heavy atom. The number of aromatic nitrogens is 1. The van der Waals surface area contributed by atoms with Crippen molar-refractivity contribution in [2.24, 2.45) is 0 Å². The van der Waals surface area contributed by atoms with Crippen LogP contribution in [0.5, 0.6) is 0 Å². The number of aryl methyl sites for hydroxylation is 1. The fourth-order valence-electron chi connectivity index (χ4n) is 2.37. The summed E-state index contributed by atoms with van der Waals surface area (Å²) in [5.41, 5.74) is 1.61. The predicted octanol–water partition coefficient (Wildman–Crippen LogP) is -0.115. The van der Waals surface area contributed by atoms with Crippen LogP contribution >= 0.6 is 0 Å². The molecule has 16 heavy (non-hydrogen) atoms. The molecule has 0 radical (unpaired) electrons. The molecule has 0 fully saturated rings. The van der Waals surface area contributed by atoms with Gasteiger partial charge in [0, 0.05) is 17.8 Å². The van der Waals surface area contributed by atoms with Gasteiger partial charge in [0.25, 0.3) is 5.56 Å². The summed E-state index contributed by atoms with van der Waals surface area (Å²) in [6.45, 7) is 0.690. The van der Waals surface area contributed by atoms with Gasteiger partial charge >= 0.3 is 5.97 Å². The Balaban J connectivity index is 2.26. The van der Waals surface area contributed by atoms with Crippen molar-refractivity contribution in [1.82, 2.24) is 4.57 Å². The van der Waals surface area contributed by atoms with Gasteiger partial charge in [-0.3, -0.25) is 4.79 Å². The van der Waals surface area contributed by atoms with E-state index in [4.69, 9.17) is 4.74 Å². The molecule has 0 bridgehead atoms. The van der Waals surface area contributed by atoms with Gasteiger partial charge in [-0.2, -0.15) is 0 Å². The van der Waals surface area contributed by atoms with E-state index in [1.165, 1.54) is 0 Å². The molecule has 0 saturated carbocycles. The van der Waals surface area contributed by atoms with Gasteiger partial charge < -0.3 is 14.4 Å². The normalized spacial score (nSPS) is 22.6. The van der Waals surface area contributed by atoms with Crippen molar-refractivity contribution in [1.29, 1.82) is 0 Å². The lowest BCUT2D eigenvalue weighted by atomic mass is 10.0. The van der Waals surface area contributed by atoms with Crippen LogP contribution in [0.1, 0.15) is 29.3 Å². The molecule has 3 heterocycles. The van der Waals surface area contributed by atoms with Gasteiger partial charge in [0.2, 0.25) is 0 Å². The van der Waals surface area contributed by atoms with Crippen molar-refractivity contribution in [2.45, 2.75) is 32.1 Å². The number of pyridine rings is 1. The lowest BCUT2D eigenvalue weighted by molar-refractivity contribution is -0.157. The fraction of sp³-hybridized carbons (Fsp3) is 0.455. The fourth-order valence-corrected chi connectivity index (χ4v) is 2.37. The zero-order valence-corrected chi connectivity index (χ0v) is 8.60. The Kier molecular flexibility index (Phi) is 1.91. The molecule has 1 unspecified atom stereocenters. The van der Waals surface area contributed by atoms with Crippen LogP contribution < -0.4 is 5.56 Å². The summed E-state index contributed by atoms with van der Waals surface area (Å²) in [6.07, 6.45) is 0.454. The molecule has 1 aromatic rings. The van der Waals surface area contributed by atoms with Gasteiger partial charge in [0.15, 0.2) is 6.10 Å². The largest absolute Gasteiger partial charge is 0.458 e. The van der Waals surface area contributed by atoms with Crippen molar-refractivity contribution in [3.8, 4) is 0 Å². The third-order valence-electron chi connectivity index (χ3n) is 3.21. The number of aliphatic hydroxyl groups is 1. The number of rotatable bonds is 0. The van der Waals surface area contributed by atoms with E-state index in [0.717, 1.165) is 18.5 Å². The van der Waals surface area contributed by atoms with E-state index < -0.39 is 12.1 Å². The predicted molar refractivity (Wildman–Crippen MR) is 53.8 cm³/mol. The Bertz CT molecular complexity index is 532. The first-order valence-electron chi connectivity index (χ1n) is 5.28. The van der Waals surface area contributed by atoms with Crippen molar-refractivity contribution in [3.63, 3.8) is 0 Å². The Hall–Kier alpha value is -1.62. The average Bonchev–Trinajstić information content (AvgIpc) is 2.73. The van der Waals surface area contributed by atoms with Crippen LogP contribution in [-0.4, -0.2) is 15.6 Å². The molecule has 3 rings (SSSR count). The minimum Gasteiger partial charge on any atom is -0.458 e. The van der Waals surface area contributed by atoms with Gasteiger partial charge in [-0.1, -0.05) is 0 Å². The second-order valence-electron chi connectivity index (χ2n) is 4.14. The molecule has 0 amide bonds. The number of esters is 1. The maximum Gasteiger partial charge on any atom is 0.340 e. The molecule has 0 aliphatic carbocycles. The number of carbonyl (C=O) groups excluding carboxylic acids is 1. The second kappa shape index (κ2) is 3.18. The first-order chi connectivity index (χ1) is 7.68. The van der Waals surface area contributed by atoms with E-state index in [1.807, 2.05) is 0 Å². The van der Waals surface area contributed by atoms with E-state index in [1.54, 1.807) is 10.6 Å². The van der Waals surface area contributed by atoms with E-state index in [2.05, 4.69) is 0 Å². The van der Waals surface area contributed by atoms with Crippen molar-refractivity contribution >= 4 is 5.97 Å². The molecule has 84 valence electrons. The molecular weight excluding hydrogens is 210 g/mol. The molecule has 5 heteroatoms. The average molecular weight is 221 g/mol. The standard InChI is InChI=1S/C11H11NO4/c13-9-7-4-6-2-1-3-12(6)10(14)8(7)5-16-11(9)15/h4,9,13H,1-3,5H2. The summed E-state index contributed by atoms with van der Waals surface area (Å²) in [4.78, 5) is 23.2. The zero-order chi connectivity index (χ0) is 11.3. The van der Waals surface area contributed by atoms with E-state index in [0.29, 0.717) is 17.7 Å². The van der Waals surface area contributed by atoms with Crippen molar-refractivity contribution in [2.75, 3.05) is 0 Å². The lowest BCUT2D eigenvalue weighted by Crippen LogP contribution is -2.32. The number of ether oxygens (including phenoxy) is 1. The number of nitrogens with zero attached hydrogens (tertiary/aromatic N) is 1. The monoisotopic (exact) mass is 221 g/mol. The number of hydrogen-bond donors (Lipinski definition) is 1. The molecule has 1 atom stereocenters.